The maximum absolute atomic E-state index is 9.98. The number of aromatic hydroxyl groups is 2. The van der Waals surface area contributed by atoms with Crippen molar-refractivity contribution in [2.75, 3.05) is 14.2 Å². The van der Waals surface area contributed by atoms with E-state index in [2.05, 4.69) is 0 Å². The fourth-order valence-electron chi connectivity index (χ4n) is 1.84. The van der Waals surface area contributed by atoms with E-state index in [0.717, 1.165) is 10.4 Å². The monoisotopic (exact) mass is 313 g/mol. The first-order chi connectivity index (χ1) is 9.47. The Balaban J connectivity index is 2.43. The van der Waals surface area contributed by atoms with Gasteiger partial charge in [-0.15, -0.1) is 11.3 Å². The molecule has 0 aliphatic heterocycles. The summed E-state index contributed by atoms with van der Waals surface area (Å²) in [6.07, 6.45) is 0.480. The Hall–Kier alpha value is -1.73. The normalized spacial score (nSPS) is 10.6. The molecule has 0 fully saturated rings. The van der Waals surface area contributed by atoms with Crippen LogP contribution in [0.4, 0.5) is 0 Å². The first-order valence-electron chi connectivity index (χ1n) is 5.79. The molecular weight excluding hydrogens is 298 g/mol. The summed E-state index contributed by atoms with van der Waals surface area (Å²) in [6, 6.07) is 3.42. The Morgan fingerprint density at radius 1 is 1.20 bits per heavy atom. The SMILES string of the molecule is COc1cc(Cc2sc(=S)n(C)c2O)cc(OC)c1O. The van der Waals surface area contributed by atoms with E-state index in [1.165, 1.54) is 25.6 Å². The molecule has 0 radical (unpaired) electrons. The van der Waals surface area contributed by atoms with Crippen molar-refractivity contribution in [1.29, 1.82) is 0 Å². The highest BCUT2D eigenvalue weighted by molar-refractivity contribution is 7.73. The number of thiazole rings is 1. The van der Waals surface area contributed by atoms with Crippen LogP contribution in [0.2, 0.25) is 0 Å². The van der Waals surface area contributed by atoms with Crippen LogP contribution in [0.1, 0.15) is 10.4 Å². The number of nitrogens with zero attached hydrogens (tertiary/aromatic N) is 1. The second-order valence-corrected chi connectivity index (χ2v) is 5.93. The van der Waals surface area contributed by atoms with E-state index in [4.69, 9.17) is 21.7 Å². The summed E-state index contributed by atoms with van der Waals surface area (Å²) in [4.78, 5) is 0.757. The molecule has 2 N–H and O–H groups in total. The van der Waals surface area contributed by atoms with E-state index in [1.54, 1.807) is 23.7 Å². The molecule has 2 rings (SSSR count). The van der Waals surface area contributed by atoms with Gasteiger partial charge in [0, 0.05) is 13.5 Å². The Kier molecular flexibility index (Phi) is 4.20. The Bertz CT molecular complexity index is 665. The van der Waals surface area contributed by atoms with Gasteiger partial charge in [0.2, 0.25) is 11.6 Å². The number of rotatable bonds is 4. The number of hydrogen-bond donors (Lipinski definition) is 2. The van der Waals surface area contributed by atoms with Gasteiger partial charge in [0.1, 0.15) is 0 Å². The van der Waals surface area contributed by atoms with Crippen LogP contribution in [0.3, 0.4) is 0 Å². The number of methoxy groups -OCH3 is 2. The van der Waals surface area contributed by atoms with Crippen molar-refractivity contribution in [3.05, 3.63) is 26.5 Å². The third kappa shape index (κ3) is 2.59. The highest BCUT2D eigenvalue weighted by atomic mass is 32.1. The summed E-state index contributed by atoms with van der Waals surface area (Å²) >= 11 is 6.48. The van der Waals surface area contributed by atoms with Crippen LogP contribution in [0.25, 0.3) is 0 Å². The van der Waals surface area contributed by atoms with E-state index in [9.17, 15) is 10.2 Å². The van der Waals surface area contributed by atoms with E-state index < -0.39 is 0 Å². The predicted octanol–water partition coefficient (Wildman–Crippen LogP) is 2.84. The van der Waals surface area contributed by atoms with Gasteiger partial charge in [0.05, 0.1) is 19.1 Å². The zero-order valence-corrected chi connectivity index (χ0v) is 13.0. The van der Waals surface area contributed by atoms with Crippen molar-refractivity contribution < 1.29 is 19.7 Å². The average Bonchev–Trinajstić information content (AvgIpc) is 2.68. The van der Waals surface area contributed by atoms with E-state index in [0.29, 0.717) is 21.9 Å². The molecule has 0 saturated heterocycles. The minimum atomic E-state index is -0.0383. The predicted molar refractivity (Wildman–Crippen MR) is 79.8 cm³/mol. The van der Waals surface area contributed by atoms with Gasteiger partial charge in [-0.1, -0.05) is 0 Å². The van der Waals surface area contributed by atoms with Crippen molar-refractivity contribution in [1.82, 2.24) is 4.57 Å². The van der Waals surface area contributed by atoms with E-state index >= 15 is 0 Å². The van der Waals surface area contributed by atoms with Crippen LogP contribution >= 0.6 is 23.6 Å². The van der Waals surface area contributed by atoms with Gasteiger partial charge in [-0.25, -0.2) is 0 Å². The summed E-state index contributed by atoms with van der Waals surface area (Å²) in [5.41, 5.74) is 0.851. The molecular formula is C13H15NO4S2. The van der Waals surface area contributed by atoms with Crippen LogP contribution in [0.5, 0.6) is 23.1 Å². The molecule has 0 saturated carbocycles. The quantitative estimate of drug-likeness (QED) is 0.850. The smallest absolute Gasteiger partial charge is 0.206 e. The molecule has 20 heavy (non-hydrogen) atoms. The largest absolute Gasteiger partial charge is 0.502 e. The van der Waals surface area contributed by atoms with Crippen LogP contribution in [-0.4, -0.2) is 29.0 Å². The zero-order chi connectivity index (χ0) is 14.9. The molecule has 1 aromatic carbocycles. The molecule has 2 aromatic rings. The Morgan fingerprint density at radius 2 is 1.75 bits per heavy atom. The number of phenols is 1. The number of hydrogen-bond acceptors (Lipinski definition) is 6. The highest BCUT2D eigenvalue weighted by Crippen LogP contribution is 2.38. The lowest BCUT2D eigenvalue weighted by Crippen LogP contribution is -1.94. The van der Waals surface area contributed by atoms with Gasteiger partial charge in [0.25, 0.3) is 0 Å². The van der Waals surface area contributed by atoms with Gasteiger partial charge >= 0.3 is 0 Å². The summed E-state index contributed by atoms with van der Waals surface area (Å²) < 4.78 is 12.4. The molecule has 0 aliphatic rings. The van der Waals surface area contributed by atoms with Crippen molar-refractivity contribution in [2.45, 2.75) is 6.42 Å². The third-order valence-corrected chi connectivity index (χ3v) is 4.50. The molecule has 0 amide bonds. The molecule has 1 heterocycles. The molecule has 1 aromatic heterocycles. The Morgan fingerprint density at radius 3 is 2.15 bits per heavy atom. The maximum Gasteiger partial charge on any atom is 0.206 e. The number of benzene rings is 1. The fraction of sp³-hybridized carbons (Fsp3) is 0.308. The van der Waals surface area contributed by atoms with Crippen molar-refractivity contribution in [3.8, 4) is 23.1 Å². The fourth-order valence-corrected chi connectivity index (χ4v) is 3.13. The first kappa shape index (κ1) is 14.7. The second kappa shape index (κ2) is 5.72. The summed E-state index contributed by atoms with van der Waals surface area (Å²) in [5.74, 6) is 0.784. The summed E-state index contributed by atoms with van der Waals surface area (Å²) in [5, 5.41) is 19.8. The van der Waals surface area contributed by atoms with Gasteiger partial charge in [0.15, 0.2) is 15.5 Å². The lowest BCUT2D eigenvalue weighted by Gasteiger charge is -2.10. The van der Waals surface area contributed by atoms with Crippen LogP contribution in [0, 0.1) is 3.95 Å². The molecule has 5 nitrogen and oxygen atoms in total. The van der Waals surface area contributed by atoms with Gasteiger partial charge in [-0.2, -0.15) is 0 Å². The van der Waals surface area contributed by atoms with Crippen LogP contribution in [0.15, 0.2) is 12.1 Å². The second-order valence-electron chi connectivity index (χ2n) is 4.20. The van der Waals surface area contributed by atoms with Crippen LogP contribution < -0.4 is 9.47 Å². The number of aromatic nitrogens is 1. The average molecular weight is 313 g/mol. The standard InChI is InChI=1S/C13H15NO4S2/c1-14-12(16)10(20-13(14)19)6-7-4-8(17-2)11(15)9(5-7)18-3/h4-5,15-16H,6H2,1-3H3. The molecule has 0 spiro atoms. The highest BCUT2D eigenvalue weighted by Gasteiger charge is 2.14. The lowest BCUT2D eigenvalue weighted by atomic mass is 10.1. The molecule has 0 atom stereocenters. The number of phenolic OH excluding ortho intramolecular Hbond substituents is 1. The molecule has 0 aliphatic carbocycles. The molecule has 0 bridgehead atoms. The van der Waals surface area contributed by atoms with Crippen molar-refractivity contribution >= 4 is 23.6 Å². The van der Waals surface area contributed by atoms with Gasteiger partial charge in [-0.3, -0.25) is 4.57 Å². The zero-order valence-electron chi connectivity index (χ0n) is 11.3. The molecule has 7 heteroatoms. The topological polar surface area (TPSA) is 63.9 Å². The number of ether oxygens (including phenoxy) is 2. The third-order valence-electron chi connectivity index (χ3n) is 2.96. The van der Waals surface area contributed by atoms with Gasteiger partial charge in [-0.05, 0) is 29.9 Å². The minimum absolute atomic E-state index is 0.0383. The lowest BCUT2D eigenvalue weighted by molar-refractivity contribution is 0.339. The molecule has 108 valence electrons. The van der Waals surface area contributed by atoms with Crippen molar-refractivity contribution in [3.63, 3.8) is 0 Å². The van der Waals surface area contributed by atoms with E-state index in [1.807, 2.05) is 0 Å². The minimum Gasteiger partial charge on any atom is -0.502 e. The van der Waals surface area contributed by atoms with Crippen LogP contribution in [-0.2, 0) is 13.5 Å². The van der Waals surface area contributed by atoms with Gasteiger partial charge < -0.3 is 19.7 Å². The first-order valence-corrected chi connectivity index (χ1v) is 7.02. The maximum atomic E-state index is 9.98. The summed E-state index contributed by atoms with van der Waals surface area (Å²) in [7, 11) is 4.67. The summed E-state index contributed by atoms with van der Waals surface area (Å²) in [6.45, 7) is 0. The Labute approximate surface area is 125 Å². The van der Waals surface area contributed by atoms with E-state index in [-0.39, 0.29) is 11.6 Å². The van der Waals surface area contributed by atoms with Crippen molar-refractivity contribution in [2.24, 2.45) is 7.05 Å². The molecule has 0 unspecified atom stereocenters.